The van der Waals surface area contributed by atoms with Crippen molar-refractivity contribution in [2.75, 3.05) is 33.2 Å². The molecule has 3 rings (SSSR count). The maximum absolute atomic E-state index is 13.1. The molecule has 1 fully saturated rings. The summed E-state index contributed by atoms with van der Waals surface area (Å²) in [6, 6.07) is 5.41. The van der Waals surface area contributed by atoms with Crippen molar-refractivity contribution >= 4 is 40.7 Å². The molecule has 146 valence electrons. The van der Waals surface area contributed by atoms with E-state index in [2.05, 4.69) is 10.0 Å². The van der Waals surface area contributed by atoms with Gasteiger partial charge >= 0.3 is 0 Å². The Balaban J connectivity index is 1.75. The van der Waals surface area contributed by atoms with E-state index in [0.29, 0.717) is 41.7 Å². The molecule has 0 bridgehead atoms. The van der Waals surface area contributed by atoms with Crippen LogP contribution in [0.15, 0.2) is 23.3 Å². The molecule has 0 spiro atoms. The van der Waals surface area contributed by atoms with Gasteiger partial charge in [-0.15, -0.1) is 0 Å². The lowest BCUT2D eigenvalue weighted by atomic mass is 10.1. The molecule has 2 aliphatic heterocycles. The van der Waals surface area contributed by atoms with Crippen LogP contribution in [0.2, 0.25) is 10.0 Å². The average molecular weight is 411 g/mol. The third kappa shape index (κ3) is 5.21. The van der Waals surface area contributed by atoms with Crippen LogP contribution >= 0.6 is 23.2 Å². The molecule has 0 atom stereocenters. The summed E-state index contributed by atoms with van der Waals surface area (Å²) in [5.74, 6) is -0.195. The Morgan fingerprint density at radius 3 is 2.59 bits per heavy atom. The predicted molar refractivity (Wildman–Crippen MR) is 107 cm³/mol. The first-order valence-electron chi connectivity index (χ1n) is 9.23. The zero-order chi connectivity index (χ0) is 19.4. The maximum atomic E-state index is 13.1. The summed E-state index contributed by atoms with van der Waals surface area (Å²) in [6.07, 6.45) is 3.11. The molecule has 2 amide bonds. The lowest BCUT2D eigenvalue weighted by Crippen LogP contribution is -2.43. The van der Waals surface area contributed by atoms with Crippen molar-refractivity contribution in [3.8, 4) is 0 Å². The van der Waals surface area contributed by atoms with Crippen molar-refractivity contribution in [1.29, 1.82) is 0 Å². The van der Waals surface area contributed by atoms with Gasteiger partial charge in [-0.05, 0) is 43.6 Å². The Hall–Kier alpha value is -1.63. The van der Waals surface area contributed by atoms with E-state index in [1.165, 1.54) is 17.9 Å². The summed E-state index contributed by atoms with van der Waals surface area (Å²) in [7, 11) is 1.59. The summed E-state index contributed by atoms with van der Waals surface area (Å²) in [6.45, 7) is 4.02. The van der Waals surface area contributed by atoms with Gasteiger partial charge in [-0.3, -0.25) is 9.59 Å². The summed E-state index contributed by atoms with van der Waals surface area (Å²) < 4.78 is 0. The van der Waals surface area contributed by atoms with Crippen molar-refractivity contribution in [3.05, 3.63) is 33.8 Å². The number of halogens is 2. The van der Waals surface area contributed by atoms with Crippen molar-refractivity contribution < 1.29 is 9.59 Å². The van der Waals surface area contributed by atoms with E-state index in [4.69, 9.17) is 23.2 Å². The van der Waals surface area contributed by atoms with E-state index in [-0.39, 0.29) is 11.8 Å². The quantitative estimate of drug-likeness (QED) is 0.723. The third-order valence-electron chi connectivity index (χ3n) is 4.98. The molecule has 8 heteroatoms. The number of benzene rings is 1. The van der Waals surface area contributed by atoms with E-state index in [0.717, 1.165) is 25.2 Å². The molecule has 1 saturated heterocycles. The van der Waals surface area contributed by atoms with Gasteiger partial charge in [0.1, 0.15) is 5.71 Å². The van der Waals surface area contributed by atoms with E-state index in [1.807, 2.05) is 6.07 Å². The van der Waals surface area contributed by atoms with Crippen LogP contribution in [-0.4, -0.2) is 65.6 Å². The van der Waals surface area contributed by atoms with Crippen molar-refractivity contribution in [3.63, 3.8) is 0 Å². The highest BCUT2D eigenvalue weighted by atomic mass is 35.5. The van der Waals surface area contributed by atoms with Gasteiger partial charge in [-0.2, -0.15) is 5.10 Å². The van der Waals surface area contributed by atoms with Gasteiger partial charge in [-0.1, -0.05) is 29.3 Å². The third-order valence-corrected chi connectivity index (χ3v) is 5.72. The topological polar surface area (TPSA) is 56.2 Å². The molecule has 2 heterocycles. The van der Waals surface area contributed by atoms with E-state index < -0.39 is 0 Å². The highest BCUT2D eigenvalue weighted by Gasteiger charge is 2.26. The number of rotatable bonds is 6. The molecule has 0 radical (unpaired) electrons. The molecule has 2 aliphatic rings. The second-order valence-corrected chi connectivity index (χ2v) is 7.80. The Labute approximate surface area is 169 Å². The highest BCUT2D eigenvalue weighted by Crippen LogP contribution is 2.23. The van der Waals surface area contributed by atoms with Gasteiger partial charge in [0.05, 0.1) is 10.0 Å². The average Bonchev–Trinajstić information content (AvgIpc) is 3.17. The van der Waals surface area contributed by atoms with Crippen LogP contribution in [0.5, 0.6) is 0 Å². The van der Waals surface area contributed by atoms with Gasteiger partial charge in [0, 0.05) is 39.5 Å². The van der Waals surface area contributed by atoms with E-state index in [1.54, 1.807) is 24.1 Å². The van der Waals surface area contributed by atoms with Gasteiger partial charge in [0.2, 0.25) is 5.91 Å². The maximum Gasteiger partial charge on any atom is 0.270 e. The van der Waals surface area contributed by atoms with Crippen LogP contribution < -0.4 is 0 Å². The molecular weight excluding hydrogens is 387 g/mol. The Bertz CT molecular complexity index is 747. The zero-order valence-corrected chi connectivity index (χ0v) is 17.0. The molecule has 0 N–H and O–H groups in total. The molecule has 1 aromatic rings. The van der Waals surface area contributed by atoms with Crippen LogP contribution in [0.3, 0.4) is 0 Å². The predicted octanol–water partition coefficient (Wildman–Crippen LogP) is 3.03. The zero-order valence-electron chi connectivity index (χ0n) is 15.5. The Kier molecular flexibility index (Phi) is 6.73. The van der Waals surface area contributed by atoms with Crippen molar-refractivity contribution in [2.24, 2.45) is 5.10 Å². The summed E-state index contributed by atoms with van der Waals surface area (Å²) in [5, 5.41) is 6.41. The number of nitrogens with zero attached hydrogens (tertiary/aromatic N) is 4. The smallest absolute Gasteiger partial charge is 0.270 e. The monoisotopic (exact) mass is 410 g/mol. The minimum atomic E-state index is -0.125. The summed E-state index contributed by atoms with van der Waals surface area (Å²) in [5.41, 5.74) is 1.35. The number of likely N-dealkylation sites (tertiary alicyclic amines) is 1. The molecule has 0 saturated carbocycles. The van der Waals surface area contributed by atoms with Crippen molar-refractivity contribution in [1.82, 2.24) is 14.8 Å². The van der Waals surface area contributed by atoms with Gasteiger partial charge in [0.15, 0.2) is 0 Å². The number of hydrogen-bond acceptors (Lipinski definition) is 4. The van der Waals surface area contributed by atoms with Crippen LogP contribution in [0.4, 0.5) is 0 Å². The van der Waals surface area contributed by atoms with Crippen molar-refractivity contribution in [2.45, 2.75) is 32.2 Å². The molecule has 6 nitrogen and oxygen atoms in total. The van der Waals surface area contributed by atoms with Crippen LogP contribution in [0, 0.1) is 0 Å². The fourth-order valence-corrected chi connectivity index (χ4v) is 3.71. The first-order valence-corrected chi connectivity index (χ1v) is 9.99. The standard InChI is InChI=1S/C19H24Cl2N4O2/c1-23-18(26)7-6-17(22-23)19(27)25(11-10-24-8-2-3-9-24)13-14-4-5-15(20)16(21)12-14/h4-5,12H,2-3,6-11,13H2,1H3. The first-order chi connectivity index (χ1) is 12.9. The second kappa shape index (κ2) is 9.04. The highest BCUT2D eigenvalue weighted by molar-refractivity contribution is 6.42. The first kappa shape index (κ1) is 20.1. The fourth-order valence-electron chi connectivity index (χ4n) is 3.39. The molecule has 0 aromatic heterocycles. The second-order valence-electron chi connectivity index (χ2n) is 6.99. The van der Waals surface area contributed by atoms with Crippen LogP contribution in [0.25, 0.3) is 0 Å². The minimum Gasteiger partial charge on any atom is -0.332 e. The number of carbonyl (C=O) groups excluding carboxylic acids is 2. The molecule has 27 heavy (non-hydrogen) atoms. The number of hydrazone groups is 1. The van der Waals surface area contributed by atoms with Gasteiger partial charge in [0.25, 0.3) is 5.91 Å². The molecule has 0 unspecified atom stereocenters. The van der Waals surface area contributed by atoms with E-state index in [9.17, 15) is 9.59 Å². The number of carbonyl (C=O) groups is 2. The molecule has 0 aliphatic carbocycles. The lowest BCUT2D eigenvalue weighted by molar-refractivity contribution is -0.130. The SMILES string of the molecule is CN1N=C(C(=O)N(CCN2CCCC2)Cc2ccc(Cl)c(Cl)c2)CCC1=O. The Morgan fingerprint density at radius 2 is 1.93 bits per heavy atom. The molecule has 1 aromatic carbocycles. The van der Waals surface area contributed by atoms with Crippen LogP contribution in [0.1, 0.15) is 31.2 Å². The summed E-state index contributed by atoms with van der Waals surface area (Å²) >= 11 is 12.1. The number of hydrogen-bond donors (Lipinski definition) is 0. The lowest BCUT2D eigenvalue weighted by Gasteiger charge is -2.28. The van der Waals surface area contributed by atoms with E-state index >= 15 is 0 Å². The molecular formula is C19H24Cl2N4O2. The Morgan fingerprint density at radius 1 is 1.19 bits per heavy atom. The minimum absolute atomic E-state index is 0.0698. The number of amides is 2. The fraction of sp³-hybridized carbons (Fsp3) is 0.526. The van der Waals surface area contributed by atoms with Gasteiger partial charge in [-0.25, -0.2) is 5.01 Å². The van der Waals surface area contributed by atoms with Crippen LogP contribution in [-0.2, 0) is 16.1 Å². The largest absolute Gasteiger partial charge is 0.332 e. The normalized spacial score (nSPS) is 18.0. The van der Waals surface area contributed by atoms with Gasteiger partial charge < -0.3 is 9.80 Å². The summed E-state index contributed by atoms with van der Waals surface area (Å²) in [4.78, 5) is 28.9.